The Morgan fingerprint density at radius 2 is 1.70 bits per heavy atom. The van der Waals surface area contributed by atoms with Crippen molar-refractivity contribution in [2.45, 2.75) is 13.3 Å². The lowest BCUT2D eigenvalue weighted by Gasteiger charge is -2.24. The number of carbonyl (C=O) groups is 1. The van der Waals surface area contributed by atoms with Crippen molar-refractivity contribution < 1.29 is 4.79 Å². The molecule has 0 saturated heterocycles. The van der Waals surface area contributed by atoms with Crippen LogP contribution in [0.15, 0.2) is 90.5 Å². The Morgan fingerprint density at radius 3 is 2.40 bits per heavy atom. The second-order valence-corrected chi connectivity index (χ2v) is 7.18. The summed E-state index contributed by atoms with van der Waals surface area (Å²) in [6.07, 6.45) is 2.87. The number of nitriles is 1. The van der Waals surface area contributed by atoms with Crippen molar-refractivity contribution in [2.75, 3.05) is 18.4 Å². The van der Waals surface area contributed by atoms with Crippen LogP contribution < -0.4 is 5.32 Å². The van der Waals surface area contributed by atoms with Crippen LogP contribution in [-0.2, 0) is 6.42 Å². The van der Waals surface area contributed by atoms with Gasteiger partial charge in [0.2, 0.25) is 0 Å². The first-order valence-electron chi connectivity index (χ1n) is 9.96. The summed E-state index contributed by atoms with van der Waals surface area (Å²) in [5, 5.41) is 12.0. The van der Waals surface area contributed by atoms with Crippen molar-refractivity contribution in [3.63, 3.8) is 0 Å². The summed E-state index contributed by atoms with van der Waals surface area (Å²) in [7, 11) is 0. The molecular weight excluding hydrogens is 370 g/mol. The van der Waals surface area contributed by atoms with Crippen LogP contribution in [-0.4, -0.2) is 24.0 Å². The van der Waals surface area contributed by atoms with Crippen molar-refractivity contribution in [3.8, 4) is 6.07 Å². The lowest BCUT2D eigenvalue weighted by molar-refractivity contribution is 0.216. The average Bonchev–Trinajstić information content (AvgIpc) is 2.78. The standard InChI is InChI=1S/C26H25N3O/c1-21(17-23-11-6-3-7-12-23)20-29(16-15-22-9-4-2-5-10-22)26(30)28-25-14-8-13-24(18-25)19-27/h2-14,17-18H,15-16,20H2,1H3,(H,28,30)/b21-17+. The summed E-state index contributed by atoms with van der Waals surface area (Å²) < 4.78 is 0. The van der Waals surface area contributed by atoms with Gasteiger partial charge in [-0.2, -0.15) is 5.26 Å². The first-order valence-corrected chi connectivity index (χ1v) is 9.96. The molecule has 0 heterocycles. The molecule has 0 unspecified atom stereocenters. The molecule has 150 valence electrons. The number of hydrogen-bond donors (Lipinski definition) is 1. The van der Waals surface area contributed by atoms with Gasteiger partial charge in [-0.1, -0.05) is 78.4 Å². The van der Waals surface area contributed by atoms with Crippen molar-refractivity contribution in [1.82, 2.24) is 4.90 Å². The highest BCUT2D eigenvalue weighted by atomic mass is 16.2. The Balaban J connectivity index is 1.74. The molecule has 4 heteroatoms. The molecule has 3 aromatic carbocycles. The Morgan fingerprint density at radius 1 is 1.00 bits per heavy atom. The molecule has 0 spiro atoms. The summed E-state index contributed by atoms with van der Waals surface area (Å²) in [5.41, 5.74) is 4.53. The maximum absolute atomic E-state index is 13.0. The van der Waals surface area contributed by atoms with Gasteiger partial charge in [0.1, 0.15) is 0 Å². The maximum Gasteiger partial charge on any atom is 0.322 e. The van der Waals surface area contributed by atoms with Gasteiger partial charge in [0.05, 0.1) is 11.6 Å². The first-order chi connectivity index (χ1) is 14.6. The van der Waals surface area contributed by atoms with Crippen LogP contribution in [0.2, 0.25) is 0 Å². The van der Waals surface area contributed by atoms with E-state index in [1.54, 1.807) is 29.2 Å². The Hall–Kier alpha value is -3.84. The summed E-state index contributed by atoms with van der Waals surface area (Å²) in [4.78, 5) is 14.8. The van der Waals surface area contributed by atoms with Gasteiger partial charge >= 0.3 is 6.03 Å². The monoisotopic (exact) mass is 395 g/mol. The lowest BCUT2D eigenvalue weighted by atomic mass is 10.1. The molecule has 0 atom stereocenters. The maximum atomic E-state index is 13.0. The molecule has 0 saturated carbocycles. The van der Waals surface area contributed by atoms with Gasteiger partial charge in [-0.25, -0.2) is 4.79 Å². The third-order valence-corrected chi connectivity index (χ3v) is 4.70. The van der Waals surface area contributed by atoms with E-state index in [2.05, 4.69) is 29.6 Å². The summed E-state index contributed by atoms with van der Waals surface area (Å²) in [6.45, 7) is 3.14. The minimum atomic E-state index is -0.179. The topological polar surface area (TPSA) is 56.1 Å². The van der Waals surface area contributed by atoms with E-state index in [1.165, 1.54) is 5.56 Å². The largest absolute Gasteiger partial charge is 0.322 e. The van der Waals surface area contributed by atoms with Crippen LogP contribution in [0.4, 0.5) is 10.5 Å². The molecule has 30 heavy (non-hydrogen) atoms. The lowest BCUT2D eigenvalue weighted by Crippen LogP contribution is -2.37. The predicted molar refractivity (Wildman–Crippen MR) is 122 cm³/mol. The highest BCUT2D eigenvalue weighted by molar-refractivity contribution is 5.89. The van der Waals surface area contributed by atoms with Gasteiger partial charge in [-0.3, -0.25) is 0 Å². The van der Waals surface area contributed by atoms with Crippen molar-refractivity contribution in [1.29, 1.82) is 5.26 Å². The molecule has 0 aromatic heterocycles. The normalized spacial score (nSPS) is 10.9. The third kappa shape index (κ3) is 6.35. The quantitative estimate of drug-likeness (QED) is 0.555. The van der Waals surface area contributed by atoms with E-state index >= 15 is 0 Å². The minimum Gasteiger partial charge on any atom is -0.320 e. The second-order valence-electron chi connectivity index (χ2n) is 7.18. The fraction of sp³-hybridized carbons (Fsp3) is 0.154. The smallest absolute Gasteiger partial charge is 0.320 e. The Labute approximate surface area is 178 Å². The highest BCUT2D eigenvalue weighted by Gasteiger charge is 2.14. The fourth-order valence-electron chi connectivity index (χ4n) is 3.21. The van der Waals surface area contributed by atoms with Gasteiger partial charge in [-0.15, -0.1) is 0 Å². The zero-order valence-corrected chi connectivity index (χ0v) is 17.1. The molecule has 0 aliphatic heterocycles. The average molecular weight is 396 g/mol. The number of amides is 2. The van der Waals surface area contributed by atoms with Gasteiger partial charge in [0.15, 0.2) is 0 Å². The summed E-state index contributed by atoms with van der Waals surface area (Å²) in [5.74, 6) is 0. The molecule has 0 aliphatic carbocycles. The van der Waals surface area contributed by atoms with Crippen LogP contribution in [0.3, 0.4) is 0 Å². The molecular formula is C26H25N3O. The van der Waals surface area contributed by atoms with E-state index in [1.807, 2.05) is 55.5 Å². The molecule has 3 aromatic rings. The van der Waals surface area contributed by atoms with Crippen LogP contribution >= 0.6 is 0 Å². The molecule has 0 radical (unpaired) electrons. The third-order valence-electron chi connectivity index (χ3n) is 4.70. The molecule has 1 N–H and O–H groups in total. The van der Waals surface area contributed by atoms with E-state index < -0.39 is 0 Å². The fourth-order valence-corrected chi connectivity index (χ4v) is 3.21. The van der Waals surface area contributed by atoms with Gasteiger partial charge in [-0.05, 0) is 42.7 Å². The Bertz CT molecular complexity index is 1040. The number of urea groups is 1. The van der Waals surface area contributed by atoms with Crippen molar-refractivity contribution >= 4 is 17.8 Å². The van der Waals surface area contributed by atoms with Crippen LogP contribution in [0.1, 0.15) is 23.6 Å². The number of benzene rings is 3. The van der Waals surface area contributed by atoms with Crippen LogP contribution in [0.25, 0.3) is 6.08 Å². The molecule has 0 aliphatic rings. The SMILES string of the molecule is C/C(=C\c1ccccc1)CN(CCc1ccccc1)C(=O)Nc1cccc(C#N)c1. The summed E-state index contributed by atoms with van der Waals surface area (Å²) in [6, 6.07) is 29.1. The van der Waals surface area contributed by atoms with Gasteiger partial charge < -0.3 is 10.2 Å². The molecule has 2 amide bonds. The van der Waals surface area contributed by atoms with Gasteiger partial charge in [0.25, 0.3) is 0 Å². The van der Waals surface area contributed by atoms with E-state index in [4.69, 9.17) is 5.26 Å². The molecule has 4 nitrogen and oxygen atoms in total. The van der Waals surface area contributed by atoms with Crippen molar-refractivity contribution in [3.05, 3.63) is 107 Å². The van der Waals surface area contributed by atoms with E-state index in [9.17, 15) is 4.79 Å². The predicted octanol–water partition coefficient (Wildman–Crippen LogP) is 5.74. The number of anilines is 1. The van der Waals surface area contributed by atoms with Crippen molar-refractivity contribution in [2.24, 2.45) is 0 Å². The number of rotatable bonds is 7. The molecule has 0 bridgehead atoms. The molecule has 0 fully saturated rings. The minimum absolute atomic E-state index is 0.179. The Kier molecular flexibility index (Phi) is 7.40. The summed E-state index contributed by atoms with van der Waals surface area (Å²) >= 11 is 0. The molecule has 3 rings (SSSR count). The van der Waals surface area contributed by atoms with E-state index in [0.717, 1.165) is 17.6 Å². The number of nitrogens with zero attached hydrogens (tertiary/aromatic N) is 2. The van der Waals surface area contributed by atoms with Crippen LogP contribution in [0.5, 0.6) is 0 Å². The highest BCUT2D eigenvalue weighted by Crippen LogP contribution is 2.13. The zero-order valence-electron chi connectivity index (χ0n) is 17.1. The second kappa shape index (κ2) is 10.6. The number of hydrogen-bond acceptors (Lipinski definition) is 2. The van der Waals surface area contributed by atoms with E-state index in [-0.39, 0.29) is 6.03 Å². The van der Waals surface area contributed by atoms with Crippen LogP contribution in [0, 0.1) is 11.3 Å². The number of nitrogens with one attached hydrogen (secondary N) is 1. The first kappa shape index (κ1) is 20.9. The van der Waals surface area contributed by atoms with E-state index in [0.29, 0.717) is 24.3 Å². The van der Waals surface area contributed by atoms with Gasteiger partial charge in [0, 0.05) is 18.8 Å². The zero-order chi connectivity index (χ0) is 21.2. The number of carbonyl (C=O) groups excluding carboxylic acids is 1.